The largest absolute Gasteiger partial charge is 0.465 e. The Morgan fingerprint density at radius 1 is 0.361 bits per heavy atom. The highest BCUT2D eigenvalue weighted by atomic mass is 79.9. The summed E-state index contributed by atoms with van der Waals surface area (Å²) >= 11 is 15.5. The number of hydrogen-bond acceptors (Lipinski definition) is 24. The molecule has 8 aliphatic carbocycles. The van der Waals surface area contributed by atoms with E-state index in [-0.39, 0.29) is 90.6 Å². The molecule has 3 N–H and O–H groups in total. The predicted octanol–water partition coefficient (Wildman–Crippen LogP) is 32.7. The Morgan fingerprint density at radius 3 is 0.973 bits per heavy atom. The molecule has 6 aromatic heterocycles. The summed E-state index contributed by atoms with van der Waals surface area (Å²) in [7, 11) is 8.45. The molecule has 0 spiro atoms. The van der Waals surface area contributed by atoms with Crippen molar-refractivity contribution in [2.45, 2.75) is 392 Å². The molecule has 6 heterocycles. The van der Waals surface area contributed by atoms with Crippen LogP contribution in [-0.4, -0.2) is 144 Å². The number of carbonyl (C=O) groups is 9. The van der Waals surface area contributed by atoms with E-state index >= 15 is 0 Å². The van der Waals surface area contributed by atoms with Gasteiger partial charge in [0.05, 0.1) is 84.7 Å². The molecule has 147 heavy (non-hydrogen) atoms. The number of nitrogens with zero attached hydrogens (tertiary/aromatic N) is 3. The Kier molecular flexibility index (Phi) is 48.4. The maximum absolute atomic E-state index is 13.9. The molecule has 6 aromatic rings. The lowest BCUT2D eigenvalue weighted by Crippen LogP contribution is -2.48. The summed E-state index contributed by atoms with van der Waals surface area (Å²) < 4.78 is 31.3. The van der Waals surface area contributed by atoms with E-state index in [0.717, 1.165) is 235 Å². The van der Waals surface area contributed by atoms with Gasteiger partial charge in [0.15, 0.2) is 0 Å². The molecule has 0 aliphatic heterocycles. The van der Waals surface area contributed by atoms with Crippen LogP contribution in [0.1, 0.15) is 451 Å². The molecule has 0 saturated heterocycles. The van der Waals surface area contributed by atoms with Gasteiger partial charge in [-0.3, -0.25) is 14.4 Å². The van der Waals surface area contributed by atoms with Crippen LogP contribution >= 0.6 is 99.9 Å². The minimum absolute atomic E-state index is 0.0512. The van der Waals surface area contributed by atoms with E-state index in [9.17, 15) is 53.4 Å². The highest BCUT2D eigenvalue weighted by molar-refractivity contribution is 9.11. The lowest BCUT2D eigenvalue weighted by molar-refractivity contribution is -0.125. The minimum atomic E-state index is -0.780. The second-order valence-electron chi connectivity index (χ2n) is 46.0. The van der Waals surface area contributed by atoms with Gasteiger partial charge in [-0.05, 0) is 372 Å². The highest BCUT2D eigenvalue weighted by Gasteiger charge is 2.43. The average Bonchev–Trinajstić information content (AvgIpc) is 1.64. The van der Waals surface area contributed by atoms with Gasteiger partial charge in [-0.25, -0.2) is 28.8 Å². The van der Waals surface area contributed by atoms with E-state index in [1.54, 1.807) is 22.7 Å². The molecule has 0 radical (unpaired) electrons. The molecule has 0 atom stereocenters. The molecule has 14 rings (SSSR count). The van der Waals surface area contributed by atoms with Gasteiger partial charge in [0.1, 0.15) is 29.3 Å². The number of esters is 6. The predicted molar refractivity (Wildman–Crippen MR) is 617 cm³/mol. The summed E-state index contributed by atoms with van der Waals surface area (Å²) in [6, 6.07) is 12.0. The van der Waals surface area contributed by atoms with Crippen molar-refractivity contribution in [2.24, 2.45) is 62.6 Å². The Morgan fingerprint density at radius 2 is 0.660 bits per heavy atom. The number of ether oxygens (including phenoxy) is 6. The third-order valence-corrected chi connectivity index (χ3v) is 40.9. The van der Waals surface area contributed by atoms with Crippen molar-refractivity contribution in [3.8, 4) is 0 Å². The molecule has 29 heteroatoms. The van der Waals surface area contributed by atoms with Gasteiger partial charge < -0.3 is 58.7 Å². The number of methoxy groups -OCH3 is 6. The second kappa shape index (κ2) is 57.5. The molecule has 8 aliphatic rings. The van der Waals surface area contributed by atoms with E-state index in [0.29, 0.717) is 97.7 Å². The number of aliphatic hydroxyl groups is 2. The molecule has 3 amide bonds. The maximum atomic E-state index is 13.9. The summed E-state index contributed by atoms with van der Waals surface area (Å²) in [6.45, 7) is 42.0. The van der Waals surface area contributed by atoms with E-state index < -0.39 is 12.0 Å². The number of aliphatic hydroxyl groups excluding tert-OH is 2. The SMILES string of the molecule is CCC(CC)N(C(=O)C1CCC(C)CC1)c1cc(C2=CCC(C)(C)CC2)sc1C(=O)OC.CCC(CC)N(C(=O)C1CCC(C)CC1)c1cc(C2CCC(C)(C)CC2)sc1C(=O)OC.CCC(CC)Nc1cc(C2=CCC(C)(C)CC2)sc1C(=O)OC.COC(=O)c1sc(C2=CCC(C)(C)CC2)cc1Br.COC(=O)c1sc(C2CCC(C)(C)CC2)cc1N(C(=O)C1CCC(C)CC1)C(CO)CO.COC(=O)c1sccc1Br. The van der Waals surface area contributed by atoms with Gasteiger partial charge in [0.25, 0.3) is 0 Å². The zero-order valence-electron chi connectivity index (χ0n) is 92.9. The quantitative estimate of drug-likeness (QED) is 0.0279. The Bertz CT molecular complexity index is 5250. The second-order valence-corrected chi connectivity index (χ2v) is 54.0. The number of allylic oxidation sites excluding steroid dienone is 6. The fourth-order valence-electron chi connectivity index (χ4n) is 21.3. The Balaban J connectivity index is 0.000000202. The number of nitrogens with one attached hydrogen (secondary N) is 1. The summed E-state index contributed by atoms with van der Waals surface area (Å²) in [5, 5.41) is 25.3. The third-order valence-electron chi connectivity index (χ3n) is 32.1. The average molecular weight is 2270 g/mol. The van der Waals surface area contributed by atoms with Crippen LogP contribution in [0.25, 0.3) is 16.7 Å². The summed E-state index contributed by atoms with van der Waals surface area (Å²) in [4.78, 5) is 129. The molecule has 0 bridgehead atoms. The number of thiophene rings is 6. The molecule has 21 nitrogen and oxygen atoms in total. The monoisotopic (exact) mass is 2270 g/mol. The number of hydrogen-bond donors (Lipinski definition) is 3. The summed E-state index contributed by atoms with van der Waals surface area (Å²) in [6.07, 6.45) is 43.4. The van der Waals surface area contributed by atoms with Crippen LogP contribution < -0.4 is 20.0 Å². The lowest BCUT2D eigenvalue weighted by Gasteiger charge is -2.36. The van der Waals surface area contributed by atoms with Gasteiger partial charge in [0.2, 0.25) is 17.7 Å². The van der Waals surface area contributed by atoms with Crippen LogP contribution in [0, 0.1) is 62.6 Å². The van der Waals surface area contributed by atoms with Crippen LogP contribution in [0.15, 0.2) is 69.0 Å². The van der Waals surface area contributed by atoms with E-state index in [1.807, 2.05) is 33.4 Å². The van der Waals surface area contributed by atoms with Crippen molar-refractivity contribution >= 4 is 193 Å². The van der Waals surface area contributed by atoms with Crippen LogP contribution in [0.5, 0.6) is 0 Å². The smallest absolute Gasteiger partial charge is 0.350 e. The van der Waals surface area contributed by atoms with Gasteiger partial charge >= 0.3 is 35.8 Å². The fourth-order valence-corrected chi connectivity index (χ4v) is 29.3. The fraction of sp³-hybridized carbons (Fsp3) is 0.669. The highest BCUT2D eigenvalue weighted by Crippen LogP contribution is 2.53. The Labute approximate surface area is 920 Å². The molecular weight excluding hydrogens is 2100 g/mol. The van der Waals surface area contributed by atoms with Crippen molar-refractivity contribution in [3.05, 3.63) is 123 Å². The summed E-state index contributed by atoms with van der Waals surface area (Å²) in [5.41, 5.74) is 8.86. The molecule has 0 aromatic carbocycles. The van der Waals surface area contributed by atoms with Crippen LogP contribution in [0.2, 0.25) is 0 Å². The van der Waals surface area contributed by atoms with Crippen LogP contribution in [0.3, 0.4) is 0 Å². The van der Waals surface area contributed by atoms with Crippen LogP contribution in [0.4, 0.5) is 22.7 Å². The van der Waals surface area contributed by atoms with Gasteiger partial charge in [-0.15, -0.1) is 68.0 Å². The van der Waals surface area contributed by atoms with Crippen molar-refractivity contribution in [1.29, 1.82) is 0 Å². The third kappa shape index (κ3) is 34.2. The van der Waals surface area contributed by atoms with E-state index in [4.69, 9.17) is 23.7 Å². The van der Waals surface area contributed by atoms with Crippen molar-refractivity contribution in [3.63, 3.8) is 0 Å². The zero-order chi connectivity index (χ0) is 108. The van der Waals surface area contributed by atoms with Crippen molar-refractivity contribution < 1.29 is 81.8 Å². The number of anilines is 4. The maximum Gasteiger partial charge on any atom is 0.350 e. The van der Waals surface area contributed by atoms with Crippen molar-refractivity contribution in [2.75, 3.05) is 75.9 Å². The topological polar surface area (TPSA) is 271 Å². The number of halogens is 2. The number of carbonyl (C=O) groups excluding carboxylic acids is 9. The molecule has 5 saturated carbocycles. The van der Waals surface area contributed by atoms with E-state index in [1.165, 1.54) is 150 Å². The lowest BCUT2D eigenvalue weighted by atomic mass is 9.73. The molecule has 5 fully saturated rings. The first kappa shape index (κ1) is 124. The van der Waals surface area contributed by atoms with E-state index in [2.05, 4.69) is 210 Å². The number of rotatable bonds is 30. The molecular formula is C118H174Br2N4O17S6. The first-order valence-electron chi connectivity index (χ1n) is 54.3. The van der Waals surface area contributed by atoms with Crippen molar-refractivity contribution in [1.82, 2.24) is 0 Å². The zero-order valence-corrected chi connectivity index (χ0v) is 101. The minimum Gasteiger partial charge on any atom is -0.465 e. The standard InChI is InChI=1S/C27H43NO3S.C27H41NO3S.C25H39NO5S.C19H29NO2S.C14H17BrO2S.C6H5BrO2S/c2*1-7-21(8-2)28(25(29)20-11-9-18(3)10-12-20)22-17-23(32-24(22)26(30)31-6)19-13-15-27(4,5)16-14-19;1-16-5-7-18(8-6-16)23(29)26(19(14-27)15-28)20-13-21(32-22(20)24(30)31-4)17-9-11-25(2,3)12-10-17;1-6-14(7-2)20-15-12-16(23-17(15)18(21)22-5)13-8-10-19(3,4)11-9-13;1-14(2)6-4-9(5-7-14)11-8-10(15)12(18-11)13(16)17-3;1-9-6(8)5-4(7)2-3-10-5/h17-21H,7-16H2,1-6H3;13,17-18,20-21H,7-12,14-16H2,1-6H3;13,16-19,27-28H,5-12,14-15H2,1-4H3;8,12,14,20H,6-7,9-11H2,1-5H3;4,8H,5-7H2,1-3H3;2-3H,1H3. The first-order valence-corrected chi connectivity index (χ1v) is 60.9. The van der Waals surface area contributed by atoms with Crippen LogP contribution in [-0.2, 0) is 42.8 Å². The van der Waals surface area contributed by atoms with Gasteiger partial charge in [-0.2, -0.15) is 0 Å². The normalized spacial score (nSPS) is 20.9. The Hall–Kier alpha value is -6.67. The molecule has 818 valence electrons. The number of amides is 3. The van der Waals surface area contributed by atoms with Gasteiger partial charge in [0, 0.05) is 69.2 Å². The molecule has 0 unspecified atom stereocenters. The summed E-state index contributed by atoms with van der Waals surface area (Å²) in [5.74, 6) is 1.15. The first-order chi connectivity index (χ1) is 69.7. The van der Waals surface area contributed by atoms with Gasteiger partial charge in [-0.1, -0.05) is 150 Å².